The van der Waals surface area contributed by atoms with Crippen molar-refractivity contribution in [1.29, 1.82) is 0 Å². The molecule has 19 heavy (non-hydrogen) atoms. The Labute approximate surface area is 154 Å². The van der Waals surface area contributed by atoms with Crippen molar-refractivity contribution in [3.05, 3.63) is 16.4 Å². The molecule has 1 aliphatic heterocycles. The van der Waals surface area contributed by atoms with Gasteiger partial charge in [-0.05, 0) is 31.0 Å². The Kier molecular flexibility index (Phi) is 9.82. The first-order valence-corrected chi connectivity index (χ1v) is 8.93. The predicted octanol–water partition coefficient (Wildman–Crippen LogP) is 2.83. The summed E-state index contributed by atoms with van der Waals surface area (Å²) in [6.07, 6.45) is 2.11. The van der Waals surface area contributed by atoms with Crippen molar-refractivity contribution < 1.29 is 46.2 Å². The molecule has 0 saturated heterocycles. The number of hydrogen-bond donors (Lipinski definition) is 1. The molecule has 115 valence electrons. The van der Waals surface area contributed by atoms with Crippen molar-refractivity contribution in [1.82, 2.24) is 0 Å². The van der Waals surface area contributed by atoms with Crippen LogP contribution in [-0.2, 0) is 16.4 Å². The molecule has 1 aromatic heterocycles. The van der Waals surface area contributed by atoms with E-state index in [-0.39, 0.29) is 37.7 Å². The Balaban J connectivity index is 0.000000742. The minimum absolute atomic E-state index is 0. The summed E-state index contributed by atoms with van der Waals surface area (Å²) in [7, 11) is -2.06. The van der Waals surface area contributed by atoms with Crippen molar-refractivity contribution in [2.45, 2.75) is 40.4 Å². The van der Waals surface area contributed by atoms with Gasteiger partial charge in [-0.1, -0.05) is 13.8 Å². The molecule has 0 fully saturated rings. The maximum absolute atomic E-state index is 11.5. The maximum Gasteiger partial charge on any atom is 0.110 e. The number of hydrogen-bond acceptors (Lipinski definition) is 5. The number of sulfonamides is 1. The van der Waals surface area contributed by atoms with Crippen LogP contribution in [0.15, 0.2) is 14.5 Å². The zero-order chi connectivity index (χ0) is 13.8. The Hall–Kier alpha value is 1.18. The van der Waals surface area contributed by atoms with Gasteiger partial charge < -0.3 is 10.5 Å². The second kappa shape index (κ2) is 9.25. The molecule has 1 aromatic rings. The van der Waals surface area contributed by atoms with Crippen LogP contribution >= 0.6 is 23.1 Å². The van der Waals surface area contributed by atoms with Gasteiger partial charge in [-0.2, -0.15) is 7.05 Å². The van der Waals surface area contributed by atoms with Gasteiger partial charge in [0.25, 0.3) is 0 Å². The van der Waals surface area contributed by atoms with Crippen LogP contribution in [0.1, 0.15) is 25.8 Å². The monoisotopic (exact) mass is 472 g/mol. The first-order chi connectivity index (χ1) is 8.44. The summed E-state index contributed by atoms with van der Waals surface area (Å²) in [4.78, 5) is 0. The quantitative estimate of drug-likeness (QED) is 0.672. The molecule has 8 heteroatoms. The van der Waals surface area contributed by atoms with Gasteiger partial charge in [0, 0.05) is 43.0 Å². The van der Waals surface area contributed by atoms with E-state index >= 15 is 0 Å². The molecule has 2 rings (SSSR count). The molecule has 0 aromatic carbocycles. The topological polar surface area (TPSA) is 74.3 Å². The fourth-order valence-electron chi connectivity index (χ4n) is 1.48. The van der Waals surface area contributed by atoms with E-state index in [1.165, 1.54) is 23.9 Å². The first kappa shape index (κ1) is 20.2. The smallest absolute Gasteiger partial charge is 0.110 e. The molecule has 0 bridgehead atoms. The summed E-state index contributed by atoms with van der Waals surface area (Å²) in [5, 5.41) is 0.588. The van der Waals surface area contributed by atoms with Crippen molar-refractivity contribution in [3.8, 4) is 0 Å². The molecular weight excluding hydrogens is 453 g/mol. The van der Waals surface area contributed by atoms with Crippen LogP contribution < -0.4 is 5.73 Å². The average Bonchev–Trinajstić information content (AvgIpc) is 2.73. The van der Waals surface area contributed by atoms with Crippen LogP contribution in [0.5, 0.6) is 0 Å². The van der Waals surface area contributed by atoms with Gasteiger partial charge in [0.05, 0.1) is 4.21 Å². The summed E-state index contributed by atoms with van der Waals surface area (Å²) in [6.45, 7) is 4.83. The van der Waals surface area contributed by atoms with Crippen LogP contribution in [0.2, 0.25) is 0 Å². The Bertz CT molecular complexity index is 488. The predicted molar refractivity (Wildman–Crippen MR) is 79.2 cm³/mol. The van der Waals surface area contributed by atoms with E-state index in [4.69, 9.17) is 5.73 Å². The third-order valence-corrected chi connectivity index (χ3v) is 6.78. The van der Waals surface area contributed by atoms with E-state index in [9.17, 15) is 8.42 Å². The summed E-state index contributed by atoms with van der Waals surface area (Å²) >= 11 is 3.12. The minimum Gasteiger partial charge on any atom is -0.547 e. The number of thioether (sulfide) groups is 1. The number of nitrogens with zero attached hydrogens (tertiary/aromatic N) is 1. The van der Waals surface area contributed by atoms with Crippen molar-refractivity contribution >= 4 is 33.1 Å². The standard InChI is InChI=1S/C9H12NO2S3.C2H7N.Ho/c1-6-3-4-7-5-8(14-9(7)13-6)15(11,12)10-2;1-2-3;/h5-6H,3-4H2,1-2H3;2-3H2,1H3;/q-1;;. The Morgan fingerprint density at radius 2 is 2.11 bits per heavy atom. The summed E-state index contributed by atoms with van der Waals surface area (Å²) in [6, 6.07) is 1.78. The van der Waals surface area contributed by atoms with E-state index in [1.807, 2.05) is 6.92 Å². The first-order valence-electron chi connectivity index (χ1n) is 5.80. The normalized spacial score (nSPS) is 17.8. The van der Waals surface area contributed by atoms with Gasteiger partial charge in [0.15, 0.2) is 0 Å². The zero-order valence-electron chi connectivity index (χ0n) is 11.1. The molecule has 1 radical (unpaired) electrons. The van der Waals surface area contributed by atoms with Gasteiger partial charge in [-0.25, -0.2) is 8.42 Å². The molecule has 1 unspecified atom stereocenters. The number of rotatable bonds is 2. The van der Waals surface area contributed by atoms with Gasteiger partial charge in [0.2, 0.25) is 0 Å². The second-order valence-corrected chi connectivity index (χ2v) is 8.68. The fourth-order valence-corrected chi connectivity index (χ4v) is 5.55. The van der Waals surface area contributed by atoms with E-state index in [0.717, 1.165) is 23.6 Å². The molecule has 1 atom stereocenters. The minimum atomic E-state index is -3.38. The summed E-state index contributed by atoms with van der Waals surface area (Å²) < 4.78 is 28.0. The van der Waals surface area contributed by atoms with Crippen LogP contribution in [0.25, 0.3) is 4.72 Å². The van der Waals surface area contributed by atoms with E-state index in [1.54, 1.807) is 17.8 Å². The average molecular weight is 472 g/mol. The Morgan fingerprint density at radius 3 is 2.63 bits per heavy atom. The number of nitrogens with two attached hydrogens (primary N) is 1. The molecule has 4 nitrogen and oxygen atoms in total. The SMILES string of the molecule is CCN.C[N-]S(=O)(=O)c1cc2c(s1)SC(C)CC2.[Ho]. The summed E-state index contributed by atoms with van der Waals surface area (Å²) in [5.74, 6) is 0. The van der Waals surface area contributed by atoms with Gasteiger partial charge in [0.1, 0.15) is 14.2 Å². The number of thiophene rings is 1. The van der Waals surface area contributed by atoms with Crippen LogP contribution in [-0.4, -0.2) is 27.3 Å². The molecule has 0 amide bonds. The van der Waals surface area contributed by atoms with Crippen molar-refractivity contribution in [3.63, 3.8) is 0 Å². The van der Waals surface area contributed by atoms with Gasteiger partial charge >= 0.3 is 0 Å². The van der Waals surface area contributed by atoms with Crippen LogP contribution in [0.4, 0.5) is 0 Å². The molecule has 1 aliphatic rings. The number of aryl methyl sites for hydroxylation is 1. The van der Waals surface area contributed by atoms with Crippen LogP contribution in [0, 0.1) is 37.7 Å². The molecule has 2 heterocycles. The maximum atomic E-state index is 11.5. The van der Waals surface area contributed by atoms with Gasteiger partial charge in [-0.3, -0.25) is 0 Å². The molecule has 0 aliphatic carbocycles. The third-order valence-electron chi connectivity index (χ3n) is 2.37. The Morgan fingerprint density at radius 1 is 1.53 bits per heavy atom. The second-order valence-electron chi connectivity index (χ2n) is 3.91. The van der Waals surface area contributed by atoms with Crippen LogP contribution in [0.3, 0.4) is 0 Å². The molecular formula is C11H19HoN2O2S3-. The van der Waals surface area contributed by atoms with Crippen molar-refractivity contribution in [2.24, 2.45) is 5.73 Å². The van der Waals surface area contributed by atoms with E-state index in [0.29, 0.717) is 9.46 Å². The van der Waals surface area contributed by atoms with Crippen molar-refractivity contribution in [2.75, 3.05) is 13.6 Å². The van der Waals surface area contributed by atoms with E-state index in [2.05, 4.69) is 11.6 Å². The van der Waals surface area contributed by atoms with Gasteiger partial charge in [-0.15, -0.1) is 23.1 Å². The third kappa shape index (κ3) is 5.82. The molecule has 0 saturated carbocycles. The number of fused-ring (bicyclic) bond motifs is 1. The fraction of sp³-hybridized carbons (Fsp3) is 0.636. The molecule has 0 spiro atoms. The summed E-state index contributed by atoms with van der Waals surface area (Å²) in [5.41, 5.74) is 6.02. The molecule has 2 N–H and O–H groups in total. The zero-order valence-corrected chi connectivity index (χ0v) is 15.5. The van der Waals surface area contributed by atoms with E-state index < -0.39 is 10.0 Å². The largest absolute Gasteiger partial charge is 0.547 e.